The zero-order valence-corrected chi connectivity index (χ0v) is 46.7. The van der Waals surface area contributed by atoms with E-state index in [1.54, 1.807) is 15.9 Å². The van der Waals surface area contributed by atoms with Crippen LogP contribution in [-0.4, -0.2) is 129 Å². The molecule has 3 aromatic carbocycles. The zero-order valence-electron chi connectivity index (χ0n) is 46.7. The molecule has 1 unspecified atom stereocenters. The first-order chi connectivity index (χ1) is 39.7. The van der Waals surface area contributed by atoms with Gasteiger partial charge in [-0.25, -0.2) is 4.79 Å². The number of fused-ring (bicyclic) bond motifs is 2. The number of nitrogens with two attached hydrogens (primary N) is 2. The van der Waals surface area contributed by atoms with Crippen molar-refractivity contribution in [3.8, 4) is 0 Å². The van der Waals surface area contributed by atoms with Crippen molar-refractivity contribution in [3.63, 3.8) is 0 Å². The maximum absolute atomic E-state index is 14.5. The van der Waals surface area contributed by atoms with Crippen LogP contribution in [0.2, 0.25) is 0 Å². The van der Waals surface area contributed by atoms with E-state index in [9.17, 15) is 43.5 Å². The minimum absolute atomic E-state index is 0.0220. The van der Waals surface area contributed by atoms with Crippen LogP contribution in [0.25, 0.3) is 10.8 Å². The van der Waals surface area contributed by atoms with Gasteiger partial charge >= 0.3 is 12.0 Å². The summed E-state index contributed by atoms with van der Waals surface area (Å²) in [6.07, 6.45) is 16.3. The molecule has 5 aromatic rings. The van der Waals surface area contributed by atoms with Crippen LogP contribution in [0.3, 0.4) is 0 Å². The first-order valence-electron chi connectivity index (χ1n) is 29.2. The SMILES string of the molecule is NC(=O)CCC(NC(=O)[C@@H]1CC[C@@H]2CCN(C(=O)NCCCCCCCCCCCN(C(=O)[C@H]3CCCN(c4cncc5ccccc45)C3)c3ccc(=O)n(CC(=O)O)c3)C[C@H](N)C(=O)N21)C(=O)NC(c1ccccc1)c1ccccc1. The van der Waals surface area contributed by atoms with E-state index in [-0.39, 0.29) is 43.3 Å². The molecule has 8 rings (SSSR count). The molecule has 0 saturated carbocycles. The minimum Gasteiger partial charge on any atom is -0.480 e. The van der Waals surface area contributed by atoms with Crippen molar-refractivity contribution in [3.05, 3.63) is 137 Å². The number of aromatic nitrogens is 2. The van der Waals surface area contributed by atoms with E-state index in [1.807, 2.05) is 91.3 Å². The number of rotatable bonds is 26. The topological polar surface area (TPSA) is 276 Å². The van der Waals surface area contributed by atoms with Crippen LogP contribution in [-0.2, 0) is 35.3 Å². The predicted octanol–water partition coefficient (Wildman–Crippen LogP) is 6.00. The molecule has 436 valence electrons. The van der Waals surface area contributed by atoms with Gasteiger partial charge in [0.05, 0.1) is 29.5 Å². The van der Waals surface area contributed by atoms with Crippen molar-refractivity contribution in [1.29, 1.82) is 0 Å². The van der Waals surface area contributed by atoms with Crippen molar-refractivity contribution in [2.75, 3.05) is 49.1 Å². The molecular weight excluding hydrogens is 1040 g/mol. The number of pyridine rings is 2. The Morgan fingerprint density at radius 2 is 1.40 bits per heavy atom. The lowest BCUT2D eigenvalue weighted by Crippen LogP contribution is -2.61. The molecule has 0 radical (unpaired) electrons. The smallest absolute Gasteiger partial charge is 0.323 e. The zero-order chi connectivity index (χ0) is 58.0. The van der Waals surface area contributed by atoms with Crippen LogP contribution < -0.4 is 42.8 Å². The highest BCUT2D eigenvalue weighted by molar-refractivity contribution is 5.97. The number of piperidine rings is 1. The Hall–Kier alpha value is -8.13. The van der Waals surface area contributed by atoms with E-state index >= 15 is 0 Å². The summed E-state index contributed by atoms with van der Waals surface area (Å²) in [6.45, 7) is 2.06. The molecule has 0 bridgehead atoms. The van der Waals surface area contributed by atoms with Gasteiger partial charge in [0.15, 0.2) is 0 Å². The molecule has 2 aromatic heterocycles. The summed E-state index contributed by atoms with van der Waals surface area (Å²) in [5.74, 6) is -3.57. The Kier molecular flexibility index (Phi) is 21.6. The van der Waals surface area contributed by atoms with E-state index < -0.39 is 65.9 Å². The molecule has 5 atom stereocenters. The van der Waals surface area contributed by atoms with Crippen molar-refractivity contribution < 1.29 is 38.7 Å². The molecule has 82 heavy (non-hydrogen) atoms. The fraction of sp³-hybridized carbons (Fsp3) is 0.468. The van der Waals surface area contributed by atoms with E-state index in [4.69, 9.17) is 11.5 Å². The average Bonchev–Trinajstić information content (AvgIpc) is 4.10. The molecule has 20 nitrogen and oxygen atoms in total. The highest BCUT2D eigenvalue weighted by Crippen LogP contribution is 2.33. The van der Waals surface area contributed by atoms with E-state index in [1.165, 1.54) is 17.2 Å². The number of hydrogen-bond acceptors (Lipinski definition) is 11. The Balaban J connectivity index is 0.747. The fourth-order valence-electron chi connectivity index (χ4n) is 11.8. The average molecular weight is 1120 g/mol. The largest absolute Gasteiger partial charge is 0.480 e. The summed E-state index contributed by atoms with van der Waals surface area (Å²) >= 11 is 0. The number of aliphatic carboxylic acids is 1. The number of urea groups is 1. The number of unbranched alkanes of at least 4 members (excludes halogenated alkanes) is 8. The summed E-state index contributed by atoms with van der Waals surface area (Å²) in [5.41, 5.74) is 14.7. The van der Waals surface area contributed by atoms with E-state index in [0.717, 1.165) is 103 Å². The van der Waals surface area contributed by atoms with Crippen LogP contribution in [0.4, 0.5) is 16.2 Å². The summed E-state index contributed by atoms with van der Waals surface area (Å²) in [7, 11) is 0. The third-order valence-corrected chi connectivity index (χ3v) is 16.1. The second kappa shape index (κ2) is 29.5. The predicted molar refractivity (Wildman–Crippen MR) is 313 cm³/mol. The van der Waals surface area contributed by atoms with Gasteiger partial charge in [0.2, 0.25) is 29.5 Å². The van der Waals surface area contributed by atoms with E-state index in [2.05, 4.69) is 31.9 Å². The number of primary amides is 1. The van der Waals surface area contributed by atoms with Crippen LogP contribution in [0.5, 0.6) is 0 Å². The summed E-state index contributed by atoms with van der Waals surface area (Å²) in [5, 5.41) is 20.5. The van der Waals surface area contributed by atoms with Gasteiger partial charge in [-0.3, -0.25) is 38.5 Å². The molecule has 3 aliphatic heterocycles. The van der Waals surface area contributed by atoms with Crippen molar-refractivity contribution in [1.82, 2.24) is 35.3 Å². The molecule has 3 aliphatic rings. The number of nitrogens with one attached hydrogen (secondary N) is 3. The van der Waals surface area contributed by atoms with Crippen LogP contribution in [0.1, 0.15) is 120 Å². The summed E-state index contributed by atoms with van der Waals surface area (Å²) in [6, 6.07) is 25.6. The lowest BCUT2D eigenvalue weighted by atomic mass is 9.95. The van der Waals surface area contributed by atoms with E-state index in [0.29, 0.717) is 57.5 Å². The number of hydrogen-bond donors (Lipinski definition) is 6. The first kappa shape index (κ1) is 60.0. The summed E-state index contributed by atoms with van der Waals surface area (Å²) in [4.78, 5) is 118. The molecule has 8 N–H and O–H groups in total. The Morgan fingerprint density at radius 1 is 0.732 bits per heavy atom. The molecule has 7 amide bonds. The van der Waals surface area contributed by atoms with Gasteiger partial charge < -0.3 is 56.7 Å². The molecular formula is C62H79N11O9. The number of carbonyl (C=O) groups is 7. The lowest BCUT2D eigenvalue weighted by molar-refractivity contribution is -0.143. The number of anilines is 2. The Bertz CT molecular complexity index is 3010. The number of nitrogens with zero attached hydrogens (tertiary/aromatic N) is 6. The first-order valence-corrected chi connectivity index (χ1v) is 29.2. The van der Waals surface area contributed by atoms with Gasteiger partial charge in [-0.1, -0.05) is 130 Å². The standard InChI is InChI=1S/C62H79N11O9/c63-50-41-70(36-32-47-26-29-52(73(47)61(50)81)59(79)67-51(28-30-54(64)74)58(78)68-57(43-19-10-8-11-20-43)44-21-12-9-13-22-44)62(82)66-33-16-6-4-2-1-3-5-7-17-35-72(48-27-31-55(75)71(40-48)42-56(76)77)60(80)46-24-18-34-69(39-46)53-38-65-37-45-23-14-15-25-49(45)53/h8-15,19-23,25,27,31,37-38,40,46-47,50-52,57H,1-7,16-18,24,26,28-30,32-36,39,41-42,63H2,(H2,64,74)(H,66,82)(H,67,79)(H,68,78)(H,76,77)/t46-,47+,50-,51?,52-/m0/s1. The minimum atomic E-state index is -1.14. The molecule has 0 spiro atoms. The monoisotopic (exact) mass is 1120 g/mol. The number of carboxylic acid groups (broad SMARTS) is 1. The van der Waals surface area contributed by atoms with Crippen LogP contribution in [0.15, 0.2) is 120 Å². The molecule has 0 aliphatic carbocycles. The fourth-order valence-corrected chi connectivity index (χ4v) is 11.8. The number of carbonyl (C=O) groups excluding carboxylic acids is 6. The van der Waals surface area contributed by atoms with Gasteiger partial charge in [0.25, 0.3) is 5.56 Å². The van der Waals surface area contributed by atoms with Gasteiger partial charge in [0, 0.05) is 81.0 Å². The second-order valence-corrected chi connectivity index (χ2v) is 22.0. The van der Waals surface area contributed by atoms with Crippen molar-refractivity contribution >= 4 is 63.7 Å². The Morgan fingerprint density at radius 3 is 2.10 bits per heavy atom. The van der Waals surface area contributed by atoms with Crippen LogP contribution in [0, 0.1) is 5.92 Å². The lowest BCUT2D eigenvalue weighted by Gasteiger charge is -2.37. The number of carboxylic acids is 1. The highest BCUT2D eigenvalue weighted by Gasteiger charge is 2.45. The Labute approximate surface area is 479 Å². The number of benzene rings is 3. The third kappa shape index (κ3) is 16.1. The molecule has 5 heterocycles. The van der Waals surface area contributed by atoms with Crippen LogP contribution >= 0.6 is 0 Å². The van der Waals surface area contributed by atoms with Gasteiger partial charge in [-0.2, -0.15) is 0 Å². The quantitative estimate of drug-likeness (QED) is 0.0348. The number of amides is 7. The van der Waals surface area contributed by atoms with Gasteiger partial charge in [-0.05, 0) is 68.6 Å². The molecule has 3 saturated heterocycles. The molecule has 3 fully saturated rings. The normalized spacial score (nSPS) is 18.5. The second-order valence-electron chi connectivity index (χ2n) is 22.0. The summed E-state index contributed by atoms with van der Waals surface area (Å²) < 4.78 is 1.13. The third-order valence-electron chi connectivity index (χ3n) is 16.1. The van der Waals surface area contributed by atoms with Gasteiger partial charge in [-0.15, -0.1) is 0 Å². The van der Waals surface area contributed by atoms with Crippen molar-refractivity contribution in [2.24, 2.45) is 17.4 Å². The maximum Gasteiger partial charge on any atom is 0.323 e. The van der Waals surface area contributed by atoms with Gasteiger partial charge in [0.1, 0.15) is 24.7 Å². The highest BCUT2D eigenvalue weighted by atomic mass is 16.4. The maximum atomic E-state index is 14.5. The van der Waals surface area contributed by atoms with Crippen molar-refractivity contribution in [2.45, 2.75) is 139 Å². The molecule has 20 heteroatoms.